The average Bonchev–Trinajstić information content (AvgIpc) is 2.34. The molecule has 1 nitrogen and oxygen atoms in total. The van der Waals surface area contributed by atoms with E-state index < -0.39 is 8.07 Å². The van der Waals surface area contributed by atoms with Crippen LogP contribution in [-0.2, 0) is 4.79 Å². The van der Waals surface area contributed by atoms with Gasteiger partial charge in [0.15, 0.2) is 0 Å². The summed E-state index contributed by atoms with van der Waals surface area (Å²) in [4.78, 5) is 11.3. The summed E-state index contributed by atoms with van der Waals surface area (Å²) in [5.41, 5.74) is 3.31. The van der Waals surface area contributed by atoms with Gasteiger partial charge in [-0.05, 0) is 12.8 Å². The van der Waals surface area contributed by atoms with Crippen molar-refractivity contribution >= 4 is 13.9 Å². The van der Waals surface area contributed by atoms with Crippen LogP contribution in [0.2, 0.25) is 19.6 Å². The van der Waals surface area contributed by atoms with Gasteiger partial charge in [-0.2, -0.15) is 0 Å². The SMILES string of the molecule is C[Si](C)(C)C#CC[C@H]1CCCC1=O. The molecular weight excluding hydrogens is 176 g/mol. The number of carbonyl (C=O) groups is 1. The van der Waals surface area contributed by atoms with Gasteiger partial charge in [-0.25, -0.2) is 0 Å². The van der Waals surface area contributed by atoms with Gasteiger partial charge >= 0.3 is 0 Å². The summed E-state index contributed by atoms with van der Waals surface area (Å²) in [7, 11) is -1.22. The highest BCUT2D eigenvalue weighted by atomic mass is 28.3. The average molecular weight is 194 g/mol. The van der Waals surface area contributed by atoms with Gasteiger partial charge in [-0.1, -0.05) is 19.6 Å². The Hall–Kier alpha value is -0.553. The van der Waals surface area contributed by atoms with Crippen molar-refractivity contribution in [2.45, 2.75) is 45.3 Å². The Labute approximate surface area is 81.9 Å². The Balaban J connectivity index is 2.40. The molecule has 1 saturated carbocycles. The fourth-order valence-electron chi connectivity index (χ4n) is 1.54. The van der Waals surface area contributed by atoms with Crippen molar-refractivity contribution in [3.05, 3.63) is 0 Å². The van der Waals surface area contributed by atoms with Gasteiger partial charge in [0, 0.05) is 18.8 Å². The molecule has 0 amide bonds. The second-order valence-electron chi connectivity index (χ2n) is 4.81. The van der Waals surface area contributed by atoms with Crippen molar-refractivity contribution < 1.29 is 4.79 Å². The van der Waals surface area contributed by atoms with Crippen molar-refractivity contribution in [3.63, 3.8) is 0 Å². The van der Waals surface area contributed by atoms with Crippen molar-refractivity contribution in [3.8, 4) is 11.5 Å². The zero-order valence-corrected chi connectivity index (χ0v) is 9.81. The van der Waals surface area contributed by atoms with E-state index in [2.05, 4.69) is 31.1 Å². The topological polar surface area (TPSA) is 17.1 Å². The lowest BCUT2D eigenvalue weighted by Gasteiger charge is -2.05. The number of hydrogen-bond donors (Lipinski definition) is 0. The van der Waals surface area contributed by atoms with Crippen LogP contribution in [0.3, 0.4) is 0 Å². The molecule has 72 valence electrons. The summed E-state index contributed by atoms with van der Waals surface area (Å²) < 4.78 is 0. The minimum absolute atomic E-state index is 0.267. The standard InChI is InChI=1S/C11H18OSi/c1-13(2,3)9-5-7-10-6-4-8-11(10)12/h10H,4,6-8H2,1-3H3/t10-/m1/s1. The Kier molecular flexibility index (Phi) is 3.32. The van der Waals surface area contributed by atoms with Crippen LogP contribution in [0.4, 0.5) is 0 Å². The molecule has 0 heterocycles. The lowest BCUT2D eigenvalue weighted by Crippen LogP contribution is -2.16. The van der Waals surface area contributed by atoms with Crippen molar-refractivity contribution in [1.82, 2.24) is 0 Å². The summed E-state index contributed by atoms with van der Waals surface area (Å²) >= 11 is 0. The third kappa shape index (κ3) is 3.78. The molecule has 1 fully saturated rings. The number of ketones is 1. The van der Waals surface area contributed by atoms with Gasteiger partial charge in [-0.3, -0.25) is 4.79 Å². The first-order chi connectivity index (χ1) is 5.99. The van der Waals surface area contributed by atoms with Crippen molar-refractivity contribution in [2.24, 2.45) is 5.92 Å². The number of carbonyl (C=O) groups excluding carboxylic acids is 1. The third-order valence-electron chi connectivity index (χ3n) is 2.24. The summed E-state index contributed by atoms with van der Waals surface area (Å²) in [6, 6.07) is 0. The van der Waals surface area contributed by atoms with Crippen LogP contribution in [0.1, 0.15) is 25.7 Å². The van der Waals surface area contributed by atoms with E-state index in [4.69, 9.17) is 0 Å². The smallest absolute Gasteiger partial charge is 0.136 e. The molecule has 1 rings (SSSR count). The van der Waals surface area contributed by atoms with Gasteiger partial charge < -0.3 is 0 Å². The van der Waals surface area contributed by atoms with E-state index in [1.165, 1.54) is 0 Å². The third-order valence-corrected chi connectivity index (χ3v) is 3.17. The molecule has 0 aromatic heterocycles. The van der Waals surface area contributed by atoms with Gasteiger partial charge in [0.2, 0.25) is 0 Å². The molecule has 0 aromatic rings. The highest BCUT2D eigenvalue weighted by Crippen LogP contribution is 2.23. The van der Waals surface area contributed by atoms with E-state index in [1.807, 2.05) is 0 Å². The fraction of sp³-hybridized carbons (Fsp3) is 0.727. The first-order valence-corrected chi connectivity index (χ1v) is 8.52. The molecule has 0 aliphatic heterocycles. The molecule has 0 aromatic carbocycles. The predicted molar refractivity (Wildman–Crippen MR) is 58.1 cm³/mol. The van der Waals surface area contributed by atoms with E-state index in [0.29, 0.717) is 5.78 Å². The molecule has 0 saturated heterocycles. The van der Waals surface area contributed by atoms with Crippen LogP contribution in [0, 0.1) is 17.4 Å². The Morgan fingerprint density at radius 3 is 2.62 bits per heavy atom. The summed E-state index contributed by atoms with van der Waals surface area (Å²) in [5.74, 6) is 3.89. The molecule has 1 atom stereocenters. The van der Waals surface area contributed by atoms with E-state index in [9.17, 15) is 4.79 Å². The van der Waals surface area contributed by atoms with Gasteiger partial charge in [0.1, 0.15) is 13.9 Å². The molecule has 0 N–H and O–H groups in total. The van der Waals surface area contributed by atoms with Crippen molar-refractivity contribution in [2.75, 3.05) is 0 Å². The van der Waals surface area contributed by atoms with Crippen LogP contribution in [-0.4, -0.2) is 13.9 Å². The fourth-order valence-corrected chi connectivity index (χ4v) is 2.18. The Bertz CT molecular complexity index is 251. The highest BCUT2D eigenvalue weighted by Gasteiger charge is 2.23. The number of hydrogen-bond acceptors (Lipinski definition) is 1. The van der Waals surface area contributed by atoms with E-state index in [-0.39, 0.29) is 5.92 Å². The molecule has 0 unspecified atom stereocenters. The van der Waals surface area contributed by atoms with Crippen molar-refractivity contribution in [1.29, 1.82) is 0 Å². The second kappa shape index (κ2) is 4.10. The lowest BCUT2D eigenvalue weighted by atomic mass is 10.0. The zero-order valence-electron chi connectivity index (χ0n) is 8.81. The maximum atomic E-state index is 11.3. The summed E-state index contributed by atoms with van der Waals surface area (Å²) in [5, 5.41) is 0. The molecule has 0 spiro atoms. The van der Waals surface area contributed by atoms with Crippen LogP contribution < -0.4 is 0 Å². The largest absolute Gasteiger partial charge is 0.299 e. The first kappa shape index (κ1) is 10.5. The van der Waals surface area contributed by atoms with Gasteiger partial charge in [-0.15, -0.1) is 11.5 Å². The van der Waals surface area contributed by atoms with Crippen LogP contribution in [0.5, 0.6) is 0 Å². The first-order valence-electron chi connectivity index (χ1n) is 5.02. The monoisotopic (exact) mass is 194 g/mol. The normalized spacial score (nSPS) is 22.7. The summed E-state index contributed by atoms with van der Waals surface area (Å²) in [6.45, 7) is 6.70. The van der Waals surface area contributed by atoms with Crippen LogP contribution in [0.15, 0.2) is 0 Å². The minimum atomic E-state index is -1.22. The summed E-state index contributed by atoms with van der Waals surface area (Å²) in [6.07, 6.45) is 3.75. The molecule has 0 bridgehead atoms. The molecule has 0 radical (unpaired) electrons. The zero-order chi connectivity index (χ0) is 9.90. The van der Waals surface area contributed by atoms with Gasteiger partial charge in [0.05, 0.1) is 0 Å². The van der Waals surface area contributed by atoms with E-state index >= 15 is 0 Å². The molecule has 13 heavy (non-hydrogen) atoms. The van der Waals surface area contributed by atoms with E-state index in [1.54, 1.807) is 0 Å². The number of rotatable bonds is 1. The van der Waals surface area contributed by atoms with Crippen LogP contribution in [0.25, 0.3) is 0 Å². The minimum Gasteiger partial charge on any atom is -0.299 e. The molecule has 1 aliphatic rings. The van der Waals surface area contributed by atoms with Crippen LogP contribution >= 0.6 is 0 Å². The lowest BCUT2D eigenvalue weighted by molar-refractivity contribution is -0.120. The second-order valence-corrected chi connectivity index (χ2v) is 9.56. The van der Waals surface area contributed by atoms with E-state index in [0.717, 1.165) is 25.7 Å². The Morgan fingerprint density at radius 2 is 2.15 bits per heavy atom. The maximum Gasteiger partial charge on any atom is 0.136 e. The van der Waals surface area contributed by atoms with Gasteiger partial charge in [0.25, 0.3) is 0 Å². The molecular formula is C11H18OSi. The quantitative estimate of drug-likeness (QED) is 0.463. The highest BCUT2D eigenvalue weighted by molar-refractivity contribution is 6.83. The maximum absolute atomic E-state index is 11.3. The molecule has 2 heteroatoms. The Morgan fingerprint density at radius 1 is 1.46 bits per heavy atom. The molecule has 1 aliphatic carbocycles. The number of Topliss-reactive ketones (excluding diaryl/α,β-unsaturated/α-hetero) is 1. The predicted octanol–water partition coefficient (Wildman–Crippen LogP) is 2.63.